The van der Waals surface area contributed by atoms with Gasteiger partial charge in [-0.2, -0.15) is 10.2 Å². The Morgan fingerprint density at radius 3 is 2.18 bits per heavy atom. The van der Waals surface area contributed by atoms with Crippen LogP contribution in [0.25, 0.3) is 0 Å². The van der Waals surface area contributed by atoms with Crippen LogP contribution < -0.4 is 31.0 Å². The third kappa shape index (κ3) is 6.95. The van der Waals surface area contributed by atoms with E-state index in [0.717, 1.165) is 0 Å². The Morgan fingerprint density at radius 2 is 1.56 bits per heavy atom. The summed E-state index contributed by atoms with van der Waals surface area (Å²) in [5.74, 6) is 0.184. The smallest absolute Gasteiger partial charge is 0.287 e. The number of rotatable bonds is 10. The number of carbonyl (C=O) groups excluding carboxylic acids is 2. The number of methoxy groups -OCH3 is 2. The Morgan fingerprint density at radius 1 is 0.949 bits per heavy atom. The molecular weight excluding hydrogens is 504 g/mol. The second kappa shape index (κ2) is 12.3. The summed E-state index contributed by atoms with van der Waals surface area (Å²) in [6.07, 6.45) is 10.0. The van der Waals surface area contributed by atoms with Crippen LogP contribution in [0.2, 0.25) is 0 Å². The molecule has 1 heterocycles. The van der Waals surface area contributed by atoms with E-state index >= 15 is 0 Å². The summed E-state index contributed by atoms with van der Waals surface area (Å²) in [6.45, 7) is -0.0364. The van der Waals surface area contributed by atoms with Gasteiger partial charge in [-0.3, -0.25) is 9.59 Å². The lowest BCUT2D eigenvalue weighted by Crippen LogP contribution is -2.34. The maximum absolute atomic E-state index is 12.6. The predicted molar refractivity (Wildman–Crippen MR) is 145 cm³/mol. The number of amides is 2. The second-order valence-electron chi connectivity index (χ2n) is 8.50. The van der Waals surface area contributed by atoms with E-state index in [1.165, 1.54) is 38.8 Å². The number of hydrogen-bond donors (Lipinski definition) is 6. The first kappa shape index (κ1) is 26.8. The zero-order valence-electron chi connectivity index (χ0n) is 21.2. The summed E-state index contributed by atoms with van der Waals surface area (Å²) < 4.78 is 10.2. The number of aromatic hydroxyl groups is 2. The molecule has 2 aromatic rings. The molecule has 0 radical (unpaired) electrons. The van der Waals surface area contributed by atoms with E-state index in [1.54, 1.807) is 30.3 Å². The Kier molecular flexibility index (Phi) is 8.46. The van der Waals surface area contributed by atoms with Crippen LogP contribution >= 0.6 is 0 Å². The van der Waals surface area contributed by atoms with Crippen LogP contribution in [-0.2, 0) is 9.59 Å². The highest BCUT2D eigenvalue weighted by Gasteiger charge is 2.29. The maximum atomic E-state index is 12.6. The van der Waals surface area contributed by atoms with E-state index in [0.29, 0.717) is 34.0 Å². The third-order valence-electron chi connectivity index (χ3n) is 5.88. The zero-order chi connectivity index (χ0) is 27.8. The Balaban J connectivity index is 1.27. The van der Waals surface area contributed by atoms with E-state index in [9.17, 15) is 19.8 Å². The lowest BCUT2D eigenvalue weighted by Gasteiger charge is -2.20. The van der Waals surface area contributed by atoms with Gasteiger partial charge in [0, 0.05) is 22.7 Å². The van der Waals surface area contributed by atoms with Crippen molar-refractivity contribution in [3.63, 3.8) is 0 Å². The first-order valence-electron chi connectivity index (χ1n) is 11.9. The van der Waals surface area contributed by atoms with Crippen LogP contribution in [0.5, 0.6) is 23.0 Å². The summed E-state index contributed by atoms with van der Waals surface area (Å²) in [5, 5.41) is 33.7. The van der Waals surface area contributed by atoms with Crippen LogP contribution in [0.15, 0.2) is 82.3 Å². The monoisotopic (exact) mass is 532 g/mol. The quantitative estimate of drug-likeness (QED) is 0.196. The molecule has 2 atom stereocenters. The molecule has 1 aliphatic carbocycles. The number of ether oxygens (including phenoxy) is 2. The number of hydrazone groups is 2. The number of hydrogen-bond acceptors (Lipinski definition) is 10. The molecule has 6 N–H and O–H groups in total. The largest absolute Gasteiger partial charge is 0.507 e. The molecule has 0 bridgehead atoms. The number of nitrogens with one attached hydrogen (secondary N) is 4. The minimum absolute atomic E-state index is 0.00460. The summed E-state index contributed by atoms with van der Waals surface area (Å²) in [7, 11) is 3.02. The van der Waals surface area contributed by atoms with Gasteiger partial charge in [0.2, 0.25) is 0 Å². The molecule has 0 aromatic heterocycles. The Labute approximate surface area is 224 Å². The third-order valence-corrected chi connectivity index (χ3v) is 5.88. The fraction of sp³-hybridized carbons (Fsp3) is 0.185. The van der Waals surface area contributed by atoms with Gasteiger partial charge in [-0.05, 0) is 48.6 Å². The Hall–Kier alpha value is -5.26. The van der Waals surface area contributed by atoms with E-state index in [1.807, 2.05) is 18.2 Å². The summed E-state index contributed by atoms with van der Waals surface area (Å²) in [6, 6.07) is 9.24. The van der Waals surface area contributed by atoms with Crippen LogP contribution in [0.4, 0.5) is 0 Å². The van der Waals surface area contributed by atoms with E-state index in [2.05, 4.69) is 31.7 Å². The minimum Gasteiger partial charge on any atom is -0.507 e. The van der Waals surface area contributed by atoms with E-state index < -0.39 is 5.91 Å². The number of nitrogens with zero attached hydrogens (tertiary/aromatic N) is 2. The molecule has 0 saturated heterocycles. The lowest BCUT2D eigenvalue weighted by molar-refractivity contribution is -0.120. The number of carbonyl (C=O) groups is 2. The number of phenolic OH excluding ortho intramolecular Hbond substituents is 2. The first-order chi connectivity index (χ1) is 18.9. The van der Waals surface area contributed by atoms with E-state index in [4.69, 9.17) is 9.47 Å². The molecule has 1 aliphatic heterocycles. The van der Waals surface area contributed by atoms with Gasteiger partial charge in [-0.15, -0.1) is 0 Å². The SMILES string of the molecule is COc1ccc(O)c(/C=N/NC(=O)CNC2=CC3C=C(C(=O)N/N=C/c4cc(OC)ccc4O)NC3C=C2)c1. The van der Waals surface area contributed by atoms with Gasteiger partial charge in [-0.1, -0.05) is 12.2 Å². The second-order valence-corrected chi connectivity index (χ2v) is 8.50. The summed E-state index contributed by atoms with van der Waals surface area (Å²) in [4.78, 5) is 24.7. The lowest BCUT2D eigenvalue weighted by atomic mass is 9.96. The van der Waals surface area contributed by atoms with Crippen molar-refractivity contribution in [3.8, 4) is 23.0 Å². The molecule has 4 rings (SSSR count). The van der Waals surface area contributed by atoms with Crippen molar-refractivity contribution in [2.24, 2.45) is 16.1 Å². The molecule has 12 nitrogen and oxygen atoms in total. The van der Waals surface area contributed by atoms with E-state index in [-0.39, 0.29) is 35.9 Å². The van der Waals surface area contributed by atoms with Gasteiger partial charge in [-0.25, -0.2) is 10.9 Å². The number of phenols is 2. The van der Waals surface area contributed by atoms with Gasteiger partial charge >= 0.3 is 0 Å². The van der Waals surface area contributed by atoms with Crippen LogP contribution in [-0.4, -0.2) is 61.3 Å². The molecule has 0 spiro atoms. The number of fused-ring (bicyclic) bond motifs is 1. The fourth-order valence-corrected chi connectivity index (χ4v) is 3.82. The summed E-state index contributed by atoms with van der Waals surface area (Å²) in [5.41, 5.74) is 6.70. The highest BCUT2D eigenvalue weighted by Crippen LogP contribution is 2.25. The molecule has 0 fully saturated rings. The molecule has 2 amide bonds. The van der Waals surface area contributed by atoms with Gasteiger partial charge < -0.3 is 30.3 Å². The maximum Gasteiger partial charge on any atom is 0.287 e. The molecule has 2 aromatic carbocycles. The topological polar surface area (TPSA) is 166 Å². The minimum atomic E-state index is -0.432. The van der Waals surface area contributed by atoms with Crippen LogP contribution in [0, 0.1) is 5.92 Å². The molecule has 39 heavy (non-hydrogen) atoms. The number of benzene rings is 2. The first-order valence-corrected chi connectivity index (χ1v) is 11.9. The van der Waals surface area contributed by atoms with Crippen molar-refractivity contribution in [3.05, 3.63) is 83.2 Å². The van der Waals surface area contributed by atoms with Crippen molar-refractivity contribution in [1.82, 2.24) is 21.5 Å². The molecule has 2 aliphatic rings. The van der Waals surface area contributed by atoms with Crippen molar-refractivity contribution in [1.29, 1.82) is 0 Å². The highest BCUT2D eigenvalue weighted by molar-refractivity contribution is 5.94. The van der Waals surface area contributed by atoms with Crippen LogP contribution in [0.1, 0.15) is 11.1 Å². The number of allylic oxidation sites excluding steroid dienone is 1. The molecule has 0 saturated carbocycles. The van der Waals surface area contributed by atoms with Gasteiger partial charge in [0.15, 0.2) is 0 Å². The highest BCUT2D eigenvalue weighted by atomic mass is 16.5. The summed E-state index contributed by atoms with van der Waals surface area (Å²) >= 11 is 0. The fourth-order valence-electron chi connectivity index (χ4n) is 3.82. The molecule has 12 heteroatoms. The van der Waals surface area contributed by atoms with Gasteiger partial charge in [0.05, 0.1) is 44.9 Å². The zero-order valence-corrected chi connectivity index (χ0v) is 21.2. The average Bonchev–Trinajstić information content (AvgIpc) is 3.37. The van der Waals surface area contributed by atoms with Crippen LogP contribution in [0.3, 0.4) is 0 Å². The standard InChI is InChI=1S/C27H28N6O6/c1-38-20-4-7-24(34)17(10-20)13-29-32-26(36)15-28-19-3-6-22-16(9-19)12-23(31-22)27(37)33-30-14-18-11-21(39-2)5-8-25(18)35/h3-14,16,22,28,31,34-35H,15H2,1-2H3,(H,32,36)(H,33,37)/b29-13+,30-14+. The predicted octanol–water partition coefficient (Wildman–Crippen LogP) is 1.23. The molecular formula is C27H28N6O6. The van der Waals surface area contributed by atoms with Crippen molar-refractivity contribution < 1.29 is 29.3 Å². The average molecular weight is 533 g/mol. The molecule has 202 valence electrons. The van der Waals surface area contributed by atoms with Crippen molar-refractivity contribution in [2.75, 3.05) is 20.8 Å². The van der Waals surface area contributed by atoms with Gasteiger partial charge in [0.25, 0.3) is 11.8 Å². The van der Waals surface area contributed by atoms with Crippen molar-refractivity contribution >= 4 is 24.2 Å². The van der Waals surface area contributed by atoms with Crippen molar-refractivity contribution in [2.45, 2.75) is 6.04 Å². The normalized spacial score (nSPS) is 17.7. The Bertz CT molecular complexity index is 1400. The van der Waals surface area contributed by atoms with Gasteiger partial charge in [0.1, 0.15) is 23.0 Å². The molecule has 2 unspecified atom stereocenters.